The van der Waals surface area contributed by atoms with Gasteiger partial charge in [-0.25, -0.2) is 0 Å². The second-order valence-electron chi connectivity index (χ2n) is 7.66. The van der Waals surface area contributed by atoms with Crippen LogP contribution in [0.1, 0.15) is 59.8 Å². The van der Waals surface area contributed by atoms with Crippen LogP contribution in [0.25, 0.3) is 0 Å². The molecule has 118 valence electrons. The van der Waals surface area contributed by atoms with Crippen LogP contribution in [0, 0.1) is 28.6 Å². The van der Waals surface area contributed by atoms with Gasteiger partial charge in [-0.15, -0.1) is 0 Å². The van der Waals surface area contributed by atoms with Crippen LogP contribution >= 0.6 is 0 Å². The number of nitrogens with zero attached hydrogens (tertiary/aromatic N) is 1. The first kappa shape index (κ1) is 16.3. The lowest BCUT2D eigenvalue weighted by Crippen LogP contribution is -2.51. The quantitative estimate of drug-likeness (QED) is 0.866. The van der Waals surface area contributed by atoms with Crippen LogP contribution in [0.15, 0.2) is 0 Å². The fourth-order valence-electron chi connectivity index (χ4n) is 3.42. The van der Waals surface area contributed by atoms with Gasteiger partial charge in [-0.1, -0.05) is 20.8 Å². The minimum Gasteiger partial charge on any atom is -0.378 e. The molecule has 0 heterocycles. The maximum Gasteiger partial charge on any atom is 0.227 e. The summed E-state index contributed by atoms with van der Waals surface area (Å²) in [5.41, 5.74) is -0.375. The largest absolute Gasteiger partial charge is 0.378 e. The molecule has 4 heteroatoms. The first-order chi connectivity index (χ1) is 9.81. The highest BCUT2D eigenvalue weighted by atomic mass is 16.5. The van der Waals surface area contributed by atoms with E-state index in [-0.39, 0.29) is 23.3 Å². The van der Waals surface area contributed by atoms with Crippen molar-refractivity contribution in [3.8, 4) is 6.07 Å². The molecule has 2 fully saturated rings. The molecule has 0 bridgehead atoms. The Balaban J connectivity index is 1.90. The number of hydrogen-bond acceptors (Lipinski definition) is 3. The smallest absolute Gasteiger partial charge is 0.227 e. The van der Waals surface area contributed by atoms with E-state index >= 15 is 0 Å². The molecule has 0 radical (unpaired) electrons. The number of nitriles is 1. The van der Waals surface area contributed by atoms with Crippen LogP contribution in [-0.2, 0) is 9.53 Å². The Hall–Kier alpha value is -1.08. The molecule has 0 aromatic rings. The summed E-state index contributed by atoms with van der Waals surface area (Å²) in [6, 6.07) is 2.38. The fraction of sp³-hybridized carbons (Fsp3) is 0.882. The van der Waals surface area contributed by atoms with Crippen molar-refractivity contribution >= 4 is 5.91 Å². The summed E-state index contributed by atoms with van der Waals surface area (Å²) in [5, 5.41) is 12.6. The molecular formula is C17H28N2O2. The molecule has 2 atom stereocenters. The van der Waals surface area contributed by atoms with E-state index in [1.807, 2.05) is 6.92 Å². The highest BCUT2D eigenvalue weighted by Crippen LogP contribution is 2.42. The van der Waals surface area contributed by atoms with E-state index in [4.69, 9.17) is 4.74 Å². The maximum atomic E-state index is 12.3. The number of ether oxygens (including phenoxy) is 1. The molecule has 0 spiro atoms. The molecule has 1 N–H and O–H groups in total. The lowest BCUT2D eigenvalue weighted by molar-refractivity contribution is -0.125. The number of carbonyl (C=O) groups excluding carboxylic acids is 1. The molecule has 2 rings (SSSR count). The van der Waals surface area contributed by atoms with Crippen molar-refractivity contribution in [2.75, 3.05) is 6.61 Å². The van der Waals surface area contributed by atoms with Gasteiger partial charge in [0.15, 0.2) is 0 Å². The van der Waals surface area contributed by atoms with Crippen LogP contribution in [0.5, 0.6) is 0 Å². The van der Waals surface area contributed by atoms with Crippen molar-refractivity contribution in [1.29, 1.82) is 5.26 Å². The summed E-state index contributed by atoms with van der Waals surface area (Å²) in [6.07, 6.45) is 4.42. The minimum atomic E-state index is -0.655. The third-order valence-corrected chi connectivity index (χ3v) is 5.09. The van der Waals surface area contributed by atoms with E-state index < -0.39 is 5.54 Å². The average Bonchev–Trinajstić information content (AvgIpc) is 3.18. The second kappa shape index (κ2) is 5.96. The van der Waals surface area contributed by atoms with Crippen molar-refractivity contribution in [3.63, 3.8) is 0 Å². The van der Waals surface area contributed by atoms with Gasteiger partial charge in [-0.2, -0.15) is 5.26 Å². The normalized spacial score (nSPS) is 35.9. The topological polar surface area (TPSA) is 62.1 Å². The molecule has 2 aliphatic carbocycles. The predicted octanol–water partition coefficient (Wildman–Crippen LogP) is 3.03. The number of carbonyl (C=O) groups is 1. The Bertz CT molecular complexity index is 425. The summed E-state index contributed by atoms with van der Waals surface area (Å²) >= 11 is 0. The lowest BCUT2D eigenvalue weighted by atomic mass is 9.67. The molecule has 1 amide bonds. The molecule has 2 saturated carbocycles. The Morgan fingerprint density at radius 3 is 2.48 bits per heavy atom. The summed E-state index contributed by atoms with van der Waals surface area (Å²) in [4.78, 5) is 12.3. The molecule has 0 aromatic carbocycles. The van der Waals surface area contributed by atoms with Gasteiger partial charge < -0.3 is 10.1 Å². The molecule has 2 aliphatic rings. The first-order valence-corrected chi connectivity index (χ1v) is 8.16. The molecular weight excluding hydrogens is 264 g/mol. The Kier molecular flexibility index (Phi) is 4.63. The number of hydrogen-bond donors (Lipinski definition) is 1. The monoisotopic (exact) mass is 292 g/mol. The van der Waals surface area contributed by atoms with E-state index in [0.717, 1.165) is 32.1 Å². The van der Waals surface area contributed by atoms with Gasteiger partial charge in [0, 0.05) is 6.61 Å². The summed E-state index contributed by atoms with van der Waals surface area (Å²) < 4.78 is 5.46. The molecule has 0 saturated heterocycles. The third-order valence-electron chi connectivity index (χ3n) is 5.09. The van der Waals surface area contributed by atoms with E-state index in [1.165, 1.54) is 0 Å². The van der Waals surface area contributed by atoms with Gasteiger partial charge in [0.05, 0.1) is 18.1 Å². The third kappa shape index (κ3) is 3.77. The zero-order chi connectivity index (χ0) is 15.7. The number of nitrogens with one attached hydrogen (secondary N) is 1. The Labute approximate surface area is 128 Å². The highest BCUT2D eigenvalue weighted by molar-refractivity contribution is 5.83. The Morgan fingerprint density at radius 1 is 1.38 bits per heavy atom. The molecule has 0 aliphatic heterocycles. The van der Waals surface area contributed by atoms with E-state index in [0.29, 0.717) is 12.5 Å². The van der Waals surface area contributed by atoms with Crippen LogP contribution in [0.4, 0.5) is 0 Å². The van der Waals surface area contributed by atoms with Gasteiger partial charge in [0.25, 0.3) is 0 Å². The lowest BCUT2D eigenvalue weighted by Gasteiger charge is -2.41. The van der Waals surface area contributed by atoms with Crippen LogP contribution < -0.4 is 5.32 Å². The fourth-order valence-corrected chi connectivity index (χ4v) is 3.42. The summed E-state index contributed by atoms with van der Waals surface area (Å²) in [7, 11) is 0. The van der Waals surface area contributed by atoms with Crippen LogP contribution in [0.3, 0.4) is 0 Å². The average molecular weight is 292 g/mol. The van der Waals surface area contributed by atoms with Gasteiger partial charge in [-0.3, -0.25) is 4.79 Å². The first-order valence-electron chi connectivity index (χ1n) is 8.16. The zero-order valence-electron chi connectivity index (χ0n) is 13.7. The van der Waals surface area contributed by atoms with Gasteiger partial charge in [0.1, 0.15) is 5.54 Å². The molecule has 0 aromatic heterocycles. The van der Waals surface area contributed by atoms with Gasteiger partial charge in [-0.05, 0) is 50.4 Å². The number of amides is 1. The maximum absolute atomic E-state index is 12.3. The molecule has 0 unspecified atom stereocenters. The predicted molar refractivity (Wildman–Crippen MR) is 81.4 cm³/mol. The SMILES string of the molecule is CCO[C@H]1C[C@@H]1C(=O)NC1(C#N)CCC(C(C)(C)C)CC1. The minimum absolute atomic E-state index is 0.00390. The standard InChI is InChI=1S/C17H28N2O2/c1-5-21-14-10-13(14)15(20)19-17(11-18)8-6-12(7-9-17)16(2,3)4/h12-14H,5-10H2,1-4H3,(H,19,20)/t12?,13-,14-,17?/m0/s1. The molecule has 4 nitrogen and oxygen atoms in total. The van der Waals surface area contributed by atoms with Crippen molar-refractivity contribution in [2.24, 2.45) is 17.3 Å². The van der Waals surface area contributed by atoms with Gasteiger partial charge in [0.2, 0.25) is 5.91 Å². The number of rotatable bonds is 4. The Morgan fingerprint density at radius 2 is 2.00 bits per heavy atom. The van der Waals surface area contributed by atoms with Crippen molar-refractivity contribution < 1.29 is 9.53 Å². The van der Waals surface area contributed by atoms with Crippen molar-refractivity contribution in [1.82, 2.24) is 5.32 Å². The summed E-state index contributed by atoms with van der Waals surface area (Å²) in [5.74, 6) is 0.590. The van der Waals surface area contributed by atoms with E-state index in [9.17, 15) is 10.1 Å². The highest BCUT2D eigenvalue weighted by Gasteiger charge is 2.47. The van der Waals surface area contributed by atoms with Gasteiger partial charge >= 0.3 is 0 Å². The second-order valence-corrected chi connectivity index (χ2v) is 7.66. The van der Waals surface area contributed by atoms with E-state index in [2.05, 4.69) is 32.2 Å². The van der Waals surface area contributed by atoms with Crippen LogP contribution in [0.2, 0.25) is 0 Å². The van der Waals surface area contributed by atoms with E-state index in [1.54, 1.807) is 0 Å². The van der Waals surface area contributed by atoms with Crippen LogP contribution in [-0.4, -0.2) is 24.2 Å². The zero-order valence-corrected chi connectivity index (χ0v) is 13.7. The summed E-state index contributed by atoms with van der Waals surface area (Å²) in [6.45, 7) is 9.36. The van der Waals surface area contributed by atoms with Crippen molar-refractivity contribution in [2.45, 2.75) is 71.4 Å². The molecule has 21 heavy (non-hydrogen) atoms. The van der Waals surface area contributed by atoms with Crippen molar-refractivity contribution in [3.05, 3.63) is 0 Å².